The topological polar surface area (TPSA) is 47.0 Å². The summed E-state index contributed by atoms with van der Waals surface area (Å²) in [5.74, 6) is 2.44. The molecule has 0 atom stereocenters. The zero-order valence-electron chi connectivity index (χ0n) is 12.3. The highest BCUT2D eigenvalue weighted by Crippen LogP contribution is 2.17. The minimum Gasteiger partial charge on any atom is -0.485 e. The third-order valence-electron chi connectivity index (χ3n) is 2.91. The number of anilines is 1. The smallest absolute Gasteiger partial charge is 0.168 e. The van der Waals surface area contributed by atoms with Gasteiger partial charge in [0.15, 0.2) is 5.82 Å². The highest BCUT2D eigenvalue weighted by molar-refractivity contribution is 5.36. The molecule has 1 heterocycles. The fourth-order valence-corrected chi connectivity index (χ4v) is 1.90. The molecule has 0 amide bonds. The number of para-hydroxylation sites is 1. The molecule has 0 bridgehead atoms. The van der Waals surface area contributed by atoms with Crippen LogP contribution in [0.2, 0.25) is 0 Å². The highest BCUT2D eigenvalue weighted by Gasteiger charge is 2.04. The van der Waals surface area contributed by atoms with E-state index in [-0.39, 0.29) is 0 Å². The number of hydrogen-bond donors (Lipinski definition) is 1. The lowest BCUT2D eigenvalue weighted by atomic mass is 10.2. The van der Waals surface area contributed by atoms with Crippen molar-refractivity contribution < 1.29 is 4.74 Å². The third kappa shape index (κ3) is 3.95. The molecule has 0 aliphatic rings. The average Bonchev–Trinajstić information content (AvgIpc) is 2.44. The summed E-state index contributed by atoms with van der Waals surface area (Å²) in [5.41, 5.74) is 2.06. The molecule has 0 radical (unpaired) electrons. The van der Waals surface area contributed by atoms with Gasteiger partial charge < -0.3 is 10.1 Å². The van der Waals surface area contributed by atoms with E-state index in [4.69, 9.17) is 4.74 Å². The molecule has 4 heteroatoms. The van der Waals surface area contributed by atoms with E-state index in [1.54, 1.807) is 0 Å². The number of rotatable bonds is 6. The standard InChI is InChI=1S/C16H21N3O/c1-4-9-17-15-10-13(3)18-16(19-15)11-20-14-8-6-5-7-12(14)2/h5-8,10H,4,9,11H2,1-3H3,(H,17,18,19). The predicted molar refractivity (Wildman–Crippen MR) is 81.1 cm³/mol. The largest absolute Gasteiger partial charge is 0.485 e. The normalized spacial score (nSPS) is 10.3. The summed E-state index contributed by atoms with van der Waals surface area (Å²) in [7, 11) is 0. The molecule has 2 rings (SSSR count). The second-order valence-electron chi connectivity index (χ2n) is 4.79. The molecular formula is C16H21N3O. The van der Waals surface area contributed by atoms with Crippen LogP contribution < -0.4 is 10.1 Å². The second-order valence-corrected chi connectivity index (χ2v) is 4.79. The Morgan fingerprint density at radius 3 is 2.70 bits per heavy atom. The van der Waals surface area contributed by atoms with Crippen molar-refractivity contribution in [1.82, 2.24) is 9.97 Å². The van der Waals surface area contributed by atoms with E-state index < -0.39 is 0 Å². The summed E-state index contributed by atoms with van der Waals surface area (Å²) in [6, 6.07) is 9.90. The van der Waals surface area contributed by atoms with Crippen molar-refractivity contribution in [3.8, 4) is 5.75 Å². The minimum absolute atomic E-state index is 0.382. The van der Waals surface area contributed by atoms with Gasteiger partial charge in [0.1, 0.15) is 18.2 Å². The van der Waals surface area contributed by atoms with Crippen LogP contribution in [-0.2, 0) is 6.61 Å². The van der Waals surface area contributed by atoms with Crippen LogP contribution in [0, 0.1) is 13.8 Å². The highest BCUT2D eigenvalue weighted by atomic mass is 16.5. The summed E-state index contributed by atoms with van der Waals surface area (Å²) in [6.07, 6.45) is 1.07. The van der Waals surface area contributed by atoms with Gasteiger partial charge in [0, 0.05) is 18.3 Å². The zero-order chi connectivity index (χ0) is 14.4. The molecular weight excluding hydrogens is 250 g/mol. The maximum Gasteiger partial charge on any atom is 0.168 e. The average molecular weight is 271 g/mol. The molecule has 0 saturated heterocycles. The fraction of sp³-hybridized carbons (Fsp3) is 0.375. The summed E-state index contributed by atoms with van der Waals surface area (Å²) in [5, 5.41) is 3.28. The Hall–Kier alpha value is -2.10. The van der Waals surface area contributed by atoms with Crippen LogP contribution in [-0.4, -0.2) is 16.5 Å². The number of nitrogens with zero attached hydrogens (tertiary/aromatic N) is 2. The van der Waals surface area contributed by atoms with Gasteiger partial charge in [-0.15, -0.1) is 0 Å². The van der Waals surface area contributed by atoms with Gasteiger partial charge in [0.05, 0.1) is 0 Å². The molecule has 0 aliphatic heterocycles. The van der Waals surface area contributed by atoms with E-state index in [0.29, 0.717) is 12.4 Å². The third-order valence-corrected chi connectivity index (χ3v) is 2.91. The molecule has 0 aliphatic carbocycles. The van der Waals surface area contributed by atoms with Gasteiger partial charge in [-0.2, -0.15) is 0 Å². The lowest BCUT2D eigenvalue weighted by molar-refractivity contribution is 0.293. The van der Waals surface area contributed by atoms with Gasteiger partial charge in [-0.3, -0.25) is 0 Å². The summed E-state index contributed by atoms with van der Waals surface area (Å²) >= 11 is 0. The van der Waals surface area contributed by atoms with E-state index in [1.807, 2.05) is 44.2 Å². The van der Waals surface area contributed by atoms with Crippen LogP contribution in [0.3, 0.4) is 0 Å². The second kappa shape index (κ2) is 6.89. The molecule has 1 N–H and O–H groups in total. The van der Waals surface area contributed by atoms with Gasteiger partial charge in [0.2, 0.25) is 0 Å². The summed E-state index contributed by atoms with van der Waals surface area (Å²) < 4.78 is 5.78. The van der Waals surface area contributed by atoms with E-state index in [9.17, 15) is 0 Å². The van der Waals surface area contributed by atoms with Crippen molar-refractivity contribution >= 4 is 5.82 Å². The van der Waals surface area contributed by atoms with Gasteiger partial charge in [0.25, 0.3) is 0 Å². The van der Waals surface area contributed by atoms with Gasteiger partial charge in [-0.1, -0.05) is 25.1 Å². The first kappa shape index (κ1) is 14.3. The first-order valence-electron chi connectivity index (χ1n) is 6.96. The number of benzene rings is 1. The molecule has 0 saturated carbocycles. The zero-order valence-corrected chi connectivity index (χ0v) is 12.3. The van der Waals surface area contributed by atoms with Gasteiger partial charge in [-0.05, 0) is 31.9 Å². The maximum atomic E-state index is 5.78. The quantitative estimate of drug-likeness (QED) is 0.873. The predicted octanol–water partition coefficient (Wildman–Crippen LogP) is 3.49. The van der Waals surface area contributed by atoms with Gasteiger partial charge in [-0.25, -0.2) is 9.97 Å². The Morgan fingerprint density at radius 1 is 1.15 bits per heavy atom. The maximum absolute atomic E-state index is 5.78. The van der Waals surface area contributed by atoms with Crippen LogP contribution in [0.4, 0.5) is 5.82 Å². The first-order valence-corrected chi connectivity index (χ1v) is 6.96. The van der Waals surface area contributed by atoms with Gasteiger partial charge >= 0.3 is 0 Å². The van der Waals surface area contributed by atoms with Crippen LogP contribution in [0.15, 0.2) is 30.3 Å². The van der Waals surface area contributed by atoms with Crippen LogP contribution in [0.5, 0.6) is 5.75 Å². The van der Waals surface area contributed by atoms with E-state index >= 15 is 0 Å². The number of nitrogens with one attached hydrogen (secondary N) is 1. The number of aryl methyl sites for hydroxylation is 2. The molecule has 1 aromatic carbocycles. The monoisotopic (exact) mass is 271 g/mol. The van der Waals surface area contributed by atoms with Crippen LogP contribution in [0.1, 0.15) is 30.4 Å². The number of hydrogen-bond acceptors (Lipinski definition) is 4. The van der Waals surface area contributed by atoms with E-state index in [2.05, 4.69) is 22.2 Å². The Labute approximate surface area is 120 Å². The lowest BCUT2D eigenvalue weighted by Gasteiger charge is -2.10. The fourth-order valence-electron chi connectivity index (χ4n) is 1.90. The van der Waals surface area contributed by atoms with Crippen LogP contribution >= 0.6 is 0 Å². The van der Waals surface area contributed by atoms with E-state index in [1.165, 1.54) is 0 Å². The van der Waals surface area contributed by atoms with Crippen molar-refractivity contribution in [1.29, 1.82) is 0 Å². The Kier molecular flexibility index (Phi) is 4.93. The summed E-state index contributed by atoms with van der Waals surface area (Å²) in [4.78, 5) is 8.88. The molecule has 2 aromatic rings. The first-order chi connectivity index (χ1) is 9.69. The lowest BCUT2D eigenvalue weighted by Crippen LogP contribution is -2.08. The van der Waals surface area contributed by atoms with Crippen molar-refractivity contribution in [3.63, 3.8) is 0 Å². The Balaban J connectivity index is 2.05. The Bertz CT molecular complexity index is 569. The number of ether oxygens (including phenoxy) is 1. The van der Waals surface area contributed by atoms with Crippen LogP contribution in [0.25, 0.3) is 0 Å². The summed E-state index contributed by atoms with van der Waals surface area (Å²) in [6.45, 7) is 7.42. The molecule has 106 valence electrons. The molecule has 0 fully saturated rings. The van der Waals surface area contributed by atoms with E-state index in [0.717, 1.165) is 35.8 Å². The minimum atomic E-state index is 0.382. The van der Waals surface area contributed by atoms with Crippen molar-refractivity contribution in [2.45, 2.75) is 33.8 Å². The Morgan fingerprint density at radius 2 is 1.95 bits per heavy atom. The van der Waals surface area contributed by atoms with Crippen molar-refractivity contribution in [3.05, 3.63) is 47.4 Å². The SMILES string of the molecule is CCCNc1cc(C)nc(COc2ccccc2C)n1. The number of aromatic nitrogens is 2. The molecule has 0 unspecified atom stereocenters. The molecule has 1 aromatic heterocycles. The van der Waals surface area contributed by atoms with Crippen molar-refractivity contribution in [2.24, 2.45) is 0 Å². The van der Waals surface area contributed by atoms with Crippen molar-refractivity contribution in [2.75, 3.05) is 11.9 Å². The molecule has 0 spiro atoms. The molecule has 4 nitrogen and oxygen atoms in total. The molecule has 20 heavy (non-hydrogen) atoms.